The minimum atomic E-state index is -0.157. The third kappa shape index (κ3) is 2.22. The molecule has 2 amide bonds. The summed E-state index contributed by atoms with van der Waals surface area (Å²) in [7, 11) is 0. The molecule has 1 aliphatic rings. The summed E-state index contributed by atoms with van der Waals surface area (Å²) in [4.78, 5) is 18.1. The number of carbonyl (C=O) groups is 1. The molecule has 96 valence electrons. The first-order valence-electron chi connectivity index (χ1n) is 6.07. The maximum atomic E-state index is 12.2. The van der Waals surface area contributed by atoms with Crippen molar-refractivity contribution in [3.05, 3.63) is 53.9 Å². The van der Waals surface area contributed by atoms with Gasteiger partial charge in [-0.15, -0.1) is 0 Å². The van der Waals surface area contributed by atoms with E-state index in [0.717, 1.165) is 11.3 Å². The van der Waals surface area contributed by atoms with Crippen molar-refractivity contribution in [3.63, 3.8) is 0 Å². The highest BCUT2D eigenvalue weighted by Gasteiger charge is 2.24. The van der Waals surface area contributed by atoms with Crippen molar-refractivity contribution >= 4 is 17.4 Å². The van der Waals surface area contributed by atoms with Crippen LogP contribution in [0.5, 0.6) is 0 Å². The first-order chi connectivity index (χ1) is 9.24. The standard InChI is InChI=1S/C14H14N4O/c15-11-5-1-2-6-12(11)17-14(19)18-8-10-4-3-7-16-13(10)9-18/h1-7H,8-9,15H2,(H,17,19). The van der Waals surface area contributed by atoms with Gasteiger partial charge in [-0.2, -0.15) is 0 Å². The van der Waals surface area contributed by atoms with Crippen LogP contribution >= 0.6 is 0 Å². The number of anilines is 2. The number of hydrogen-bond donors (Lipinski definition) is 2. The van der Waals surface area contributed by atoms with E-state index in [4.69, 9.17) is 5.73 Å². The van der Waals surface area contributed by atoms with Gasteiger partial charge in [-0.05, 0) is 23.8 Å². The molecule has 2 heterocycles. The van der Waals surface area contributed by atoms with Crippen molar-refractivity contribution in [3.8, 4) is 0 Å². The number of carbonyl (C=O) groups excluding carboxylic acids is 1. The largest absolute Gasteiger partial charge is 0.397 e. The Morgan fingerprint density at radius 2 is 2.05 bits per heavy atom. The van der Waals surface area contributed by atoms with Crippen LogP contribution in [-0.2, 0) is 13.1 Å². The van der Waals surface area contributed by atoms with Crippen LogP contribution in [0.15, 0.2) is 42.6 Å². The molecule has 0 unspecified atom stereocenters. The Kier molecular flexibility index (Phi) is 2.79. The van der Waals surface area contributed by atoms with E-state index in [-0.39, 0.29) is 6.03 Å². The molecule has 0 spiro atoms. The average molecular weight is 254 g/mol. The predicted octanol–water partition coefficient (Wildman–Crippen LogP) is 2.21. The monoisotopic (exact) mass is 254 g/mol. The molecule has 1 aromatic heterocycles. The van der Waals surface area contributed by atoms with Crippen molar-refractivity contribution in [2.24, 2.45) is 0 Å². The second-order valence-corrected chi connectivity index (χ2v) is 4.48. The Morgan fingerprint density at radius 3 is 2.84 bits per heavy atom. The molecule has 0 bridgehead atoms. The molecule has 19 heavy (non-hydrogen) atoms. The number of aromatic nitrogens is 1. The van der Waals surface area contributed by atoms with E-state index in [2.05, 4.69) is 10.3 Å². The maximum absolute atomic E-state index is 12.2. The molecule has 0 saturated heterocycles. The van der Waals surface area contributed by atoms with Gasteiger partial charge in [-0.25, -0.2) is 4.79 Å². The fraction of sp³-hybridized carbons (Fsp3) is 0.143. The van der Waals surface area contributed by atoms with Crippen LogP contribution in [0.1, 0.15) is 11.3 Å². The Labute approximate surface area is 111 Å². The Balaban J connectivity index is 1.72. The van der Waals surface area contributed by atoms with Crippen LogP contribution in [0.3, 0.4) is 0 Å². The number of rotatable bonds is 1. The van der Waals surface area contributed by atoms with Crippen LogP contribution in [0.25, 0.3) is 0 Å². The summed E-state index contributed by atoms with van der Waals surface area (Å²) in [6, 6.07) is 10.9. The first kappa shape index (κ1) is 11.5. The molecule has 2 aromatic rings. The number of nitrogen functional groups attached to an aromatic ring is 1. The fourth-order valence-corrected chi connectivity index (χ4v) is 2.15. The minimum absolute atomic E-state index is 0.157. The van der Waals surface area contributed by atoms with E-state index in [9.17, 15) is 4.79 Å². The second kappa shape index (κ2) is 4.61. The molecule has 0 atom stereocenters. The van der Waals surface area contributed by atoms with E-state index in [1.165, 1.54) is 0 Å². The van der Waals surface area contributed by atoms with Gasteiger partial charge in [0.25, 0.3) is 0 Å². The lowest BCUT2D eigenvalue weighted by Crippen LogP contribution is -2.30. The lowest BCUT2D eigenvalue weighted by Gasteiger charge is -2.16. The van der Waals surface area contributed by atoms with Crippen LogP contribution in [0.4, 0.5) is 16.2 Å². The van der Waals surface area contributed by atoms with E-state index in [0.29, 0.717) is 24.5 Å². The van der Waals surface area contributed by atoms with Gasteiger partial charge >= 0.3 is 6.03 Å². The summed E-state index contributed by atoms with van der Waals surface area (Å²) >= 11 is 0. The number of amides is 2. The van der Waals surface area contributed by atoms with Crippen LogP contribution in [-0.4, -0.2) is 15.9 Å². The zero-order valence-corrected chi connectivity index (χ0v) is 10.3. The molecule has 1 aliphatic heterocycles. The van der Waals surface area contributed by atoms with E-state index in [1.807, 2.05) is 24.3 Å². The number of pyridine rings is 1. The Bertz CT molecular complexity index is 601. The number of benzene rings is 1. The topological polar surface area (TPSA) is 71.2 Å². The molecule has 0 radical (unpaired) electrons. The van der Waals surface area contributed by atoms with Crippen molar-refractivity contribution in [1.29, 1.82) is 0 Å². The van der Waals surface area contributed by atoms with Gasteiger partial charge in [0.2, 0.25) is 0 Å². The molecule has 0 saturated carbocycles. The molecule has 0 fully saturated rings. The van der Waals surface area contributed by atoms with Crippen LogP contribution in [0, 0.1) is 0 Å². The van der Waals surface area contributed by atoms with Crippen molar-refractivity contribution < 1.29 is 4.79 Å². The van der Waals surface area contributed by atoms with Crippen LogP contribution < -0.4 is 11.1 Å². The first-order valence-corrected chi connectivity index (χ1v) is 6.07. The van der Waals surface area contributed by atoms with E-state index in [1.54, 1.807) is 23.2 Å². The van der Waals surface area contributed by atoms with Gasteiger partial charge in [-0.3, -0.25) is 4.98 Å². The zero-order valence-electron chi connectivity index (χ0n) is 10.3. The van der Waals surface area contributed by atoms with Crippen molar-refractivity contribution in [2.75, 3.05) is 11.1 Å². The summed E-state index contributed by atoms with van der Waals surface area (Å²) in [5.74, 6) is 0. The number of fused-ring (bicyclic) bond motifs is 1. The molecule has 5 nitrogen and oxygen atoms in total. The highest BCUT2D eigenvalue weighted by molar-refractivity contribution is 5.92. The number of urea groups is 1. The SMILES string of the molecule is Nc1ccccc1NC(=O)N1Cc2cccnc2C1. The highest BCUT2D eigenvalue weighted by atomic mass is 16.2. The number of nitrogens with zero attached hydrogens (tertiary/aromatic N) is 2. The summed E-state index contributed by atoms with van der Waals surface area (Å²) in [6.45, 7) is 1.12. The highest BCUT2D eigenvalue weighted by Crippen LogP contribution is 2.22. The number of nitrogens with two attached hydrogens (primary N) is 1. The van der Waals surface area contributed by atoms with Crippen molar-refractivity contribution in [1.82, 2.24) is 9.88 Å². The minimum Gasteiger partial charge on any atom is -0.397 e. The molecule has 0 aliphatic carbocycles. The third-order valence-electron chi connectivity index (χ3n) is 3.18. The van der Waals surface area contributed by atoms with Gasteiger partial charge in [0.15, 0.2) is 0 Å². The number of para-hydroxylation sites is 2. The van der Waals surface area contributed by atoms with Gasteiger partial charge in [0.1, 0.15) is 0 Å². The zero-order chi connectivity index (χ0) is 13.2. The number of hydrogen-bond acceptors (Lipinski definition) is 3. The summed E-state index contributed by atoms with van der Waals surface area (Å²) < 4.78 is 0. The van der Waals surface area contributed by atoms with Gasteiger partial charge in [0.05, 0.1) is 23.6 Å². The maximum Gasteiger partial charge on any atom is 0.322 e. The predicted molar refractivity (Wildman–Crippen MR) is 73.4 cm³/mol. The smallest absolute Gasteiger partial charge is 0.322 e. The third-order valence-corrected chi connectivity index (χ3v) is 3.18. The quantitative estimate of drug-likeness (QED) is 0.766. The summed E-state index contributed by atoms with van der Waals surface area (Å²) in [5.41, 5.74) is 9.06. The summed E-state index contributed by atoms with van der Waals surface area (Å²) in [6.07, 6.45) is 1.75. The molecule has 5 heteroatoms. The van der Waals surface area contributed by atoms with Gasteiger partial charge in [0, 0.05) is 12.7 Å². The second-order valence-electron chi connectivity index (χ2n) is 4.48. The van der Waals surface area contributed by atoms with E-state index >= 15 is 0 Å². The molecular formula is C14H14N4O. The normalized spacial score (nSPS) is 13.2. The van der Waals surface area contributed by atoms with Crippen LogP contribution in [0.2, 0.25) is 0 Å². The molecular weight excluding hydrogens is 240 g/mol. The Hall–Kier alpha value is -2.56. The average Bonchev–Trinajstić information content (AvgIpc) is 2.85. The van der Waals surface area contributed by atoms with Crippen molar-refractivity contribution in [2.45, 2.75) is 13.1 Å². The fourth-order valence-electron chi connectivity index (χ4n) is 2.15. The summed E-state index contributed by atoms with van der Waals surface area (Å²) in [5, 5.41) is 2.82. The Morgan fingerprint density at radius 1 is 1.21 bits per heavy atom. The van der Waals surface area contributed by atoms with Gasteiger partial charge < -0.3 is 16.0 Å². The number of nitrogens with one attached hydrogen (secondary N) is 1. The lowest BCUT2D eigenvalue weighted by molar-refractivity contribution is 0.212. The molecule has 3 N–H and O–H groups in total. The van der Waals surface area contributed by atoms with Gasteiger partial charge in [-0.1, -0.05) is 18.2 Å². The molecule has 1 aromatic carbocycles. The van der Waals surface area contributed by atoms with E-state index < -0.39 is 0 Å². The lowest BCUT2D eigenvalue weighted by atomic mass is 10.2. The molecule has 3 rings (SSSR count).